The maximum Gasteiger partial charge on any atom is 0.373 e. The second-order valence-corrected chi connectivity index (χ2v) is 5.81. The van der Waals surface area contributed by atoms with E-state index in [2.05, 4.69) is 15.3 Å². The number of nitrogens with one attached hydrogen (secondary N) is 1. The minimum atomic E-state index is -1.11. The van der Waals surface area contributed by atoms with Crippen LogP contribution in [0.1, 0.15) is 5.56 Å². The summed E-state index contributed by atoms with van der Waals surface area (Å²) in [5, 5.41) is 14.6. The number of halogens is 3. The topological polar surface area (TPSA) is 90.2 Å². The monoisotopic (exact) mass is 392 g/mol. The summed E-state index contributed by atoms with van der Waals surface area (Å²) in [7, 11) is 0. The van der Waals surface area contributed by atoms with E-state index in [-0.39, 0.29) is 23.1 Å². The lowest BCUT2D eigenvalue weighted by Gasteiger charge is -2.10. The van der Waals surface area contributed by atoms with Gasteiger partial charge in [-0.3, -0.25) is 10.1 Å². The highest BCUT2D eigenvalue weighted by Gasteiger charge is 2.25. The molecule has 27 heavy (non-hydrogen) atoms. The Morgan fingerprint density at radius 3 is 2.59 bits per heavy atom. The van der Waals surface area contributed by atoms with Gasteiger partial charge in [0.15, 0.2) is 11.6 Å². The van der Waals surface area contributed by atoms with E-state index < -0.39 is 22.2 Å². The summed E-state index contributed by atoms with van der Waals surface area (Å²) in [4.78, 5) is 18.4. The number of hydrogen-bond acceptors (Lipinski definition) is 6. The van der Waals surface area contributed by atoms with Gasteiger partial charge in [0, 0.05) is 16.8 Å². The van der Waals surface area contributed by atoms with E-state index in [1.165, 1.54) is 12.1 Å². The van der Waals surface area contributed by atoms with Crippen molar-refractivity contribution in [1.82, 2.24) is 9.97 Å². The van der Waals surface area contributed by atoms with Gasteiger partial charge in [-0.25, -0.2) is 13.8 Å². The Labute approximate surface area is 156 Å². The van der Waals surface area contributed by atoms with Crippen LogP contribution in [0.3, 0.4) is 0 Å². The molecule has 0 aliphatic rings. The zero-order valence-corrected chi connectivity index (χ0v) is 14.5. The lowest BCUT2D eigenvalue weighted by atomic mass is 10.2. The molecule has 0 saturated heterocycles. The third-order valence-corrected chi connectivity index (χ3v) is 3.92. The summed E-state index contributed by atoms with van der Waals surface area (Å²) in [5.41, 5.74) is 0.227. The minimum absolute atomic E-state index is 0.0731. The zero-order valence-electron chi connectivity index (χ0n) is 13.7. The number of aryl methyl sites for hydroxylation is 1. The maximum atomic E-state index is 13.4. The van der Waals surface area contributed by atoms with Crippen LogP contribution in [0, 0.1) is 28.7 Å². The molecule has 0 unspecified atom stereocenters. The SMILES string of the molecule is Cc1cc(Oc2ncnc(Nc3ccc(F)c(F)c3)c2[N+](=O)[O-])ccc1Cl. The predicted molar refractivity (Wildman–Crippen MR) is 94.6 cm³/mol. The third kappa shape index (κ3) is 4.09. The summed E-state index contributed by atoms with van der Waals surface area (Å²) < 4.78 is 31.9. The maximum absolute atomic E-state index is 13.4. The molecule has 0 saturated carbocycles. The number of rotatable bonds is 5. The van der Waals surface area contributed by atoms with Gasteiger partial charge in [-0.05, 0) is 42.8 Å². The van der Waals surface area contributed by atoms with Gasteiger partial charge in [0.05, 0.1) is 4.92 Å². The molecule has 0 aliphatic carbocycles. The number of nitro groups is 1. The van der Waals surface area contributed by atoms with Crippen molar-refractivity contribution in [3.8, 4) is 11.6 Å². The average Bonchev–Trinajstić information content (AvgIpc) is 2.61. The Kier molecular flexibility index (Phi) is 5.13. The van der Waals surface area contributed by atoms with Crippen LogP contribution in [0.4, 0.5) is 26.0 Å². The van der Waals surface area contributed by atoms with E-state index in [4.69, 9.17) is 16.3 Å². The van der Waals surface area contributed by atoms with Gasteiger partial charge in [0.1, 0.15) is 12.1 Å². The number of nitrogens with zero attached hydrogens (tertiary/aromatic N) is 3. The van der Waals surface area contributed by atoms with Crippen LogP contribution in [0.5, 0.6) is 11.6 Å². The first-order chi connectivity index (χ1) is 12.8. The fourth-order valence-electron chi connectivity index (χ4n) is 2.20. The third-order valence-electron chi connectivity index (χ3n) is 3.50. The molecule has 3 aromatic rings. The summed E-state index contributed by atoms with van der Waals surface area (Å²) in [5.74, 6) is -2.41. The molecule has 7 nitrogen and oxygen atoms in total. The molecule has 1 N–H and O–H groups in total. The molecule has 2 aromatic carbocycles. The molecule has 0 bridgehead atoms. The van der Waals surface area contributed by atoms with Crippen LogP contribution in [-0.4, -0.2) is 14.9 Å². The minimum Gasteiger partial charge on any atom is -0.434 e. The van der Waals surface area contributed by atoms with Crippen molar-refractivity contribution in [2.24, 2.45) is 0 Å². The van der Waals surface area contributed by atoms with Gasteiger partial charge in [-0.2, -0.15) is 4.98 Å². The van der Waals surface area contributed by atoms with Crippen molar-refractivity contribution in [3.05, 3.63) is 75.1 Å². The Morgan fingerprint density at radius 1 is 1.15 bits per heavy atom. The molecule has 1 aromatic heterocycles. The highest BCUT2D eigenvalue weighted by Crippen LogP contribution is 2.36. The van der Waals surface area contributed by atoms with Crippen molar-refractivity contribution in [3.63, 3.8) is 0 Å². The van der Waals surface area contributed by atoms with Crippen molar-refractivity contribution < 1.29 is 18.4 Å². The summed E-state index contributed by atoms with van der Waals surface area (Å²) in [6.07, 6.45) is 1.05. The molecule has 0 amide bonds. The molecular weight excluding hydrogens is 382 g/mol. The smallest absolute Gasteiger partial charge is 0.373 e. The van der Waals surface area contributed by atoms with E-state index in [0.29, 0.717) is 10.6 Å². The van der Waals surface area contributed by atoms with Crippen molar-refractivity contribution in [2.75, 3.05) is 5.32 Å². The number of anilines is 2. The molecule has 3 rings (SSSR count). The molecule has 0 spiro atoms. The fraction of sp³-hybridized carbons (Fsp3) is 0.0588. The number of ether oxygens (including phenoxy) is 1. The summed E-state index contributed by atoms with van der Waals surface area (Å²) >= 11 is 5.95. The lowest BCUT2D eigenvalue weighted by Crippen LogP contribution is -2.04. The van der Waals surface area contributed by atoms with Gasteiger partial charge in [-0.15, -0.1) is 0 Å². The van der Waals surface area contributed by atoms with E-state index in [0.717, 1.165) is 18.5 Å². The quantitative estimate of drug-likeness (QED) is 0.476. The molecule has 0 fully saturated rings. The first-order valence-corrected chi connectivity index (χ1v) is 7.88. The summed E-state index contributed by atoms with van der Waals surface area (Å²) in [6, 6.07) is 7.66. The Hall–Kier alpha value is -3.33. The van der Waals surface area contributed by atoms with Gasteiger partial charge in [-0.1, -0.05) is 11.6 Å². The van der Waals surface area contributed by atoms with Crippen LogP contribution >= 0.6 is 11.6 Å². The highest BCUT2D eigenvalue weighted by molar-refractivity contribution is 6.31. The second-order valence-electron chi connectivity index (χ2n) is 5.40. The first kappa shape index (κ1) is 18.5. The molecule has 0 radical (unpaired) electrons. The zero-order chi connectivity index (χ0) is 19.6. The molecular formula is C17H11ClF2N4O3. The van der Waals surface area contributed by atoms with Crippen molar-refractivity contribution >= 4 is 28.8 Å². The Bertz CT molecular complexity index is 961. The second kappa shape index (κ2) is 7.50. The van der Waals surface area contributed by atoms with Crippen LogP contribution in [0.2, 0.25) is 5.02 Å². The molecule has 1 heterocycles. The van der Waals surface area contributed by atoms with Crippen LogP contribution < -0.4 is 10.1 Å². The van der Waals surface area contributed by atoms with Crippen molar-refractivity contribution in [2.45, 2.75) is 6.92 Å². The lowest BCUT2D eigenvalue weighted by molar-refractivity contribution is -0.385. The largest absolute Gasteiger partial charge is 0.434 e. The highest BCUT2D eigenvalue weighted by atomic mass is 35.5. The van der Waals surface area contributed by atoms with Gasteiger partial charge < -0.3 is 10.1 Å². The fourth-order valence-corrected chi connectivity index (χ4v) is 2.31. The van der Waals surface area contributed by atoms with Crippen LogP contribution in [0.25, 0.3) is 0 Å². The summed E-state index contributed by atoms with van der Waals surface area (Å²) in [6.45, 7) is 1.75. The first-order valence-electron chi connectivity index (χ1n) is 7.50. The molecule has 0 atom stereocenters. The molecule has 138 valence electrons. The van der Waals surface area contributed by atoms with Gasteiger partial charge >= 0.3 is 11.6 Å². The van der Waals surface area contributed by atoms with Gasteiger partial charge in [0.25, 0.3) is 0 Å². The molecule has 0 aliphatic heterocycles. The number of hydrogen-bond donors (Lipinski definition) is 1. The van der Waals surface area contributed by atoms with E-state index >= 15 is 0 Å². The van der Waals surface area contributed by atoms with E-state index in [9.17, 15) is 18.9 Å². The number of aromatic nitrogens is 2. The van der Waals surface area contributed by atoms with E-state index in [1.54, 1.807) is 19.1 Å². The van der Waals surface area contributed by atoms with E-state index in [1.807, 2.05) is 0 Å². The van der Waals surface area contributed by atoms with Crippen LogP contribution in [-0.2, 0) is 0 Å². The van der Waals surface area contributed by atoms with Crippen molar-refractivity contribution in [1.29, 1.82) is 0 Å². The normalized spacial score (nSPS) is 10.5. The Morgan fingerprint density at radius 2 is 1.93 bits per heavy atom. The molecule has 10 heteroatoms. The Balaban J connectivity index is 1.97. The van der Waals surface area contributed by atoms with Gasteiger partial charge in [0.2, 0.25) is 5.82 Å². The standard InChI is InChI=1S/C17H11ClF2N4O3/c1-9-6-11(3-4-12(9)18)27-17-15(24(25)26)16(21-8-22-17)23-10-2-5-13(19)14(20)7-10/h2-8H,1H3,(H,21,22,23). The predicted octanol–water partition coefficient (Wildman–Crippen LogP) is 5.16. The number of benzene rings is 2. The average molecular weight is 393 g/mol. The van der Waals surface area contributed by atoms with Crippen LogP contribution in [0.15, 0.2) is 42.7 Å².